The van der Waals surface area contributed by atoms with Crippen molar-refractivity contribution in [2.45, 2.75) is 19.0 Å². The van der Waals surface area contributed by atoms with E-state index >= 15 is 0 Å². The van der Waals surface area contributed by atoms with E-state index in [0.717, 1.165) is 30.1 Å². The van der Waals surface area contributed by atoms with Gasteiger partial charge >= 0.3 is 6.03 Å². The van der Waals surface area contributed by atoms with E-state index in [1.165, 1.54) is 40.5 Å². The molecule has 33 heavy (non-hydrogen) atoms. The van der Waals surface area contributed by atoms with Crippen molar-refractivity contribution in [3.05, 3.63) is 50.4 Å². The third-order valence-corrected chi connectivity index (χ3v) is 6.29. The summed E-state index contributed by atoms with van der Waals surface area (Å²) in [5.74, 6) is -1.52. The summed E-state index contributed by atoms with van der Waals surface area (Å²) in [6.07, 6.45) is 0.763. The normalized spacial score (nSPS) is 14.1. The molecule has 2 aromatic rings. The predicted octanol–water partition coefficient (Wildman–Crippen LogP) is 1.11. The number of nitrogens with one attached hydrogen (secondary N) is 3. The van der Waals surface area contributed by atoms with E-state index in [9.17, 15) is 19.2 Å². The van der Waals surface area contributed by atoms with Crippen molar-refractivity contribution in [3.8, 4) is 0 Å². The van der Waals surface area contributed by atoms with Crippen LogP contribution >= 0.6 is 22.9 Å². The van der Waals surface area contributed by atoms with Crippen molar-refractivity contribution < 1.29 is 19.2 Å². The third kappa shape index (κ3) is 6.50. The molecule has 1 aliphatic rings. The lowest BCUT2D eigenvalue weighted by Crippen LogP contribution is -2.53. The van der Waals surface area contributed by atoms with Gasteiger partial charge in [0.1, 0.15) is 6.04 Å². The van der Waals surface area contributed by atoms with E-state index < -0.39 is 29.8 Å². The van der Waals surface area contributed by atoms with Gasteiger partial charge in [-0.1, -0.05) is 11.6 Å². The van der Waals surface area contributed by atoms with Gasteiger partial charge in [0.2, 0.25) is 5.91 Å². The number of hydrogen-bond acceptors (Lipinski definition) is 7. The van der Waals surface area contributed by atoms with Crippen LogP contribution in [0.15, 0.2) is 24.3 Å². The van der Waals surface area contributed by atoms with Crippen LogP contribution in [0.2, 0.25) is 5.02 Å². The number of nitrogens with zero attached hydrogens (tertiary/aromatic N) is 3. The van der Waals surface area contributed by atoms with E-state index in [1.807, 2.05) is 7.05 Å². The molecular formula is C21H25ClN6O4S. The van der Waals surface area contributed by atoms with Crippen molar-refractivity contribution >= 4 is 46.7 Å². The number of imide groups is 1. The number of urea groups is 1. The molecule has 0 radical (unpaired) electrons. The Morgan fingerprint density at radius 1 is 1.18 bits per heavy atom. The molecule has 1 aliphatic heterocycles. The van der Waals surface area contributed by atoms with Crippen LogP contribution in [0.1, 0.15) is 30.7 Å². The molecular weight excluding hydrogens is 468 g/mol. The van der Waals surface area contributed by atoms with E-state index in [1.54, 1.807) is 14.1 Å². The summed E-state index contributed by atoms with van der Waals surface area (Å²) >= 11 is 7.09. The van der Waals surface area contributed by atoms with Gasteiger partial charge in [-0.05, 0) is 31.3 Å². The van der Waals surface area contributed by atoms with Gasteiger partial charge in [0, 0.05) is 55.6 Å². The van der Waals surface area contributed by atoms with Crippen molar-refractivity contribution in [3.63, 3.8) is 0 Å². The van der Waals surface area contributed by atoms with Crippen LogP contribution < -0.4 is 16.0 Å². The first kappa shape index (κ1) is 24.6. The second kappa shape index (κ2) is 10.7. The topological polar surface area (TPSA) is 124 Å². The number of likely N-dealkylation sites (N-methyl/N-ethyl adjacent to an activating group) is 2. The summed E-state index contributed by atoms with van der Waals surface area (Å²) in [6.45, 7) is 1.38. The van der Waals surface area contributed by atoms with Gasteiger partial charge in [-0.2, -0.15) is 0 Å². The highest BCUT2D eigenvalue weighted by Crippen LogP contribution is 2.24. The first-order valence-electron chi connectivity index (χ1n) is 10.2. The second-order valence-corrected chi connectivity index (χ2v) is 9.33. The Kier molecular flexibility index (Phi) is 8.01. The standard InChI is InChI=1S/C21H25ClN6O4S/c1-27(2)20(31)15(10-23-21(32)26-17(29)12-4-6-13(22)7-5-12)24-18(30)19-25-14-8-9-28(3)11-16(14)33-19/h4-7,15H,8-11H2,1-3H3,(H,24,30)(H2,23,26,29,32). The molecule has 12 heteroatoms. The first-order chi connectivity index (χ1) is 15.6. The van der Waals surface area contributed by atoms with Crippen LogP contribution in [0.3, 0.4) is 0 Å². The van der Waals surface area contributed by atoms with Crippen LogP contribution in [0.5, 0.6) is 0 Å². The van der Waals surface area contributed by atoms with Gasteiger partial charge in [-0.3, -0.25) is 19.7 Å². The van der Waals surface area contributed by atoms with Crippen molar-refractivity contribution in [1.82, 2.24) is 30.7 Å². The largest absolute Gasteiger partial charge is 0.347 e. The molecule has 0 spiro atoms. The Morgan fingerprint density at radius 3 is 2.55 bits per heavy atom. The van der Waals surface area contributed by atoms with Crippen LogP contribution in [0, 0.1) is 0 Å². The smallest absolute Gasteiger partial charge is 0.321 e. The quantitative estimate of drug-likeness (QED) is 0.555. The Morgan fingerprint density at radius 2 is 1.88 bits per heavy atom. The van der Waals surface area contributed by atoms with Crippen LogP contribution in [0.25, 0.3) is 0 Å². The number of rotatable bonds is 6. The second-order valence-electron chi connectivity index (χ2n) is 7.81. The van der Waals surface area contributed by atoms with Gasteiger partial charge in [-0.25, -0.2) is 9.78 Å². The lowest BCUT2D eigenvalue weighted by Gasteiger charge is -2.21. The fourth-order valence-corrected chi connectivity index (χ4v) is 4.38. The molecule has 0 fully saturated rings. The van der Waals surface area contributed by atoms with Gasteiger partial charge in [0.25, 0.3) is 11.8 Å². The number of carbonyl (C=O) groups excluding carboxylic acids is 4. The molecule has 10 nitrogen and oxygen atoms in total. The highest BCUT2D eigenvalue weighted by atomic mass is 35.5. The Balaban J connectivity index is 1.61. The van der Waals surface area contributed by atoms with Crippen molar-refractivity contribution in [1.29, 1.82) is 0 Å². The molecule has 0 bridgehead atoms. The third-order valence-electron chi connectivity index (χ3n) is 4.96. The Hall–Kier alpha value is -3.02. The maximum Gasteiger partial charge on any atom is 0.321 e. The van der Waals surface area contributed by atoms with E-state index in [0.29, 0.717) is 5.02 Å². The summed E-state index contributed by atoms with van der Waals surface area (Å²) in [7, 11) is 5.09. The van der Waals surface area contributed by atoms with Gasteiger partial charge < -0.3 is 20.4 Å². The molecule has 3 N–H and O–H groups in total. The zero-order valence-electron chi connectivity index (χ0n) is 18.5. The highest BCUT2D eigenvalue weighted by molar-refractivity contribution is 7.13. The molecule has 0 aliphatic carbocycles. The van der Waals surface area contributed by atoms with Gasteiger partial charge in [-0.15, -0.1) is 11.3 Å². The Labute approximate surface area is 200 Å². The molecule has 3 rings (SSSR count). The number of halogens is 1. The van der Waals surface area contributed by atoms with Crippen molar-refractivity contribution in [2.75, 3.05) is 34.2 Å². The fraction of sp³-hybridized carbons (Fsp3) is 0.381. The molecule has 0 saturated heterocycles. The monoisotopic (exact) mass is 492 g/mol. The van der Waals surface area contributed by atoms with Gasteiger partial charge in [0.15, 0.2) is 5.01 Å². The average molecular weight is 493 g/mol. The molecule has 1 aromatic heterocycles. The number of hydrogen-bond donors (Lipinski definition) is 3. The van der Waals surface area contributed by atoms with Crippen molar-refractivity contribution in [2.24, 2.45) is 0 Å². The van der Waals surface area contributed by atoms with E-state index in [4.69, 9.17) is 11.6 Å². The number of carbonyl (C=O) groups is 4. The molecule has 176 valence electrons. The van der Waals surface area contributed by atoms with Crippen LogP contribution in [0.4, 0.5) is 4.79 Å². The number of benzene rings is 1. The van der Waals surface area contributed by atoms with Gasteiger partial charge in [0.05, 0.1) is 5.69 Å². The number of thiazole rings is 1. The summed E-state index contributed by atoms with van der Waals surface area (Å²) in [5, 5.41) is 8.01. The zero-order chi connectivity index (χ0) is 24.1. The maximum atomic E-state index is 12.8. The minimum atomic E-state index is -1.03. The summed E-state index contributed by atoms with van der Waals surface area (Å²) < 4.78 is 0. The summed E-state index contributed by atoms with van der Waals surface area (Å²) in [6, 6.07) is 4.19. The molecule has 2 heterocycles. The molecule has 1 unspecified atom stereocenters. The maximum absolute atomic E-state index is 12.8. The summed E-state index contributed by atoms with van der Waals surface area (Å²) in [4.78, 5) is 58.6. The highest BCUT2D eigenvalue weighted by Gasteiger charge is 2.27. The minimum absolute atomic E-state index is 0.212. The van der Waals surface area contributed by atoms with Crippen LogP contribution in [-0.2, 0) is 17.8 Å². The minimum Gasteiger partial charge on any atom is -0.347 e. The molecule has 5 amide bonds. The zero-order valence-corrected chi connectivity index (χ0v) is 20.0. The summed E-state index contributed by atoms with van der Waals surface area (Å²) in [5.41, 5.74) is 1.15. The number of aromatic nitrogens is 1. The lowest BCUT2D eigenvalue weighted by molar-refractivity contribution is -0.130. The number of amides is 5. The number of fused-ring (bicyclic) bond motifs is 1. The SMILES string of the molecule is CN1CCc2nc(C(=O)NC(CNC(=O)NC(=O)c3ccc(Cl)cc3)C(=O)N(C)C)sc2C1. The molecule has 1 atom stereocenters. The molecule has 1 aromatic carbocycles. The van der Waals surface area contributed by atoms with Crippen LogP contribution in [-0.4, -0.2) is 78.8 Å². The molecule has 0 saturated carbocycles. The Bertz CT molecular complexity index is 1060. The average Bonchev–Trinajstić information content (AvgIpc) is 3.19. The fourth-order valence-electron chi connectivity index (χ4n) is 3.17. The van der Waals surface area contributed by atoms with E-state index in [-0.39, 0.29) is 17.1 Å². The predicted molar refractivity (Wildman–Crippen MR) is 124 cm³/mol. The van der Waals surface area contributed by atoms with E-state index in [2.05, 4.69) is 25.8 Å². The lowest BCUT2D eigenvalue weighted by atomic mass is 10.2. The first-order valence-corrected chi connectivity index (χ1v) is 11.4.